The Morgan fingerprint density at radius 2 is 0.741 bits per heavy atom. The molecule has 0 radical (unpaired) electrons. The van der Waals surface area contributed by atoms with E-state index in [1.54, 1.807) is 0 Å². The Morgan fingerprint density at radius 3 is 1.19 bits per heavy atom. The van der Waals surface area contributed by atoms with Crippen LogP contribution < -0.4 is 0 Å². The van der Waals surface area contributed by atoms with Gasteiger partial charge < -0.3 is 0 Å². The van der Waals surface area contributed by atoms with E-state index in [4.69, 9.17) is 0 Å². The van der Waals surface area contributed by atoms with Crippen LogP contribution in [-0.2, 0) is 0 Å². The molecule has 4 aromatic carbocycles. The van der Waals surface area contributed by atoms with Crippen molar-refractivity contribution in [2.24, 2.45) is 0 Å². The first kappa shape index (κ1) is 19.1. The minimum atomic E-state index is 1.09. The topological polar surface area (TPSA) is 0 Å². The van der Waals surface area contributed by atoms with Gasteiger partial charge >= 0.3 is 0 Å². The maximum atomic E-state index is 3.66. The first-order chi connectivity index (χ1) is 13.3. The SMILES string of the molecule is Brc1cc(-c2ccccc2)cc(-c2ccc(-c3ccccc3)cc2)c1.CC. The summed E-state index contributed by atoms with van der Waals surface area (Å²) in [5.74, 6) is 0. The minimum absolute atomic E-state index is 1.09. The van der Waals surface area contributed by atoms with E-state index in [0.29, 0.717) is 0 Å². The van der Waals surface area contributed by atoms with E-state index in [-0.39, 0.29) is 0 Å². The van der Waals surface area contributed by atoms with Crippen molar-refractivity contribution in [3.05, 3.63) is 108 Å². The normalized spacial score (nSPS) is 10.0. The number of halogens is 1. The Bertz CT molecular complexity index is 972. The molecule has 4 rings (SSSR count). The molecule has 1 heteroatoms. The zero-order chi connectivity index (χ0) is 19.1. The molecule has 0 nitrogen and oxygen atoms in total. The highest BCUT2D eigenvalue weighted by molar-refractivity contribution is 9.10. The van der Waals surface area contributed by atoms with E-state index in [0.717, 1.165) is 4.47 Å². The quantitative estimate of drug-likeness (QED) is 0.315. The number of rotatable bonds is 3. The van der Waals surface area contributed by atoms with E-state index in [1.165, 1.54) is 33.4 Å². The first-order valence-corrected chi connectivity index (χ1v) is 10.1. The van der Waals surface area contributed by atoms with E-state index in [1.807, 2.05) is 26.0 Å². The predicted octanol–water partition coefficient (Wildman–Crippen LogP) is 8.48. The second-order valence-corrected chi connectivity index (χ2v) is 6.95. The molecule has 0 heterocycles. The maximum Gasteiger partial charge on any atom is 0.0187 e. The van der Waals surface area contributed by atoms with Crippen LogP contribution >= 0.6 is 15.9 Å². The van der Waals surface area contributed by atoms with Gasteiger partial charge in [0, 0.05) is 4.47 Å². The molecule has 0 saturated heterocycles. The third-order valence-electron chi connectivity index (χ3n) is 4.33. The van der Waals surface area contributed by atoms with Gasteiger partial charge in [-0.1, -0.05) is 115 Å². The average molecular weight is 415 g/mol. The van der Waals surface area contributed by atoms with Gasteiger partial charge in [-0.3, -0.25) is 0 Å². The highest BCUT2D eigenvalue weighted by Crippen LogP contribution is 2.31. The van der Waals surface area contributed by atoms with Crippen LogP contribution in [-0.4, -0.2) is 0 Å². The lowest BCUT2D eigenvalue weighted by Gasteiger charge is -2.09. The largest absolute Gasteiger partial charge is 0.0683 e. The van der Waals surface area contributed by atoms with Crippen LogP contribution in [0.5, 0.6) is 0 Å². The molecular formula is C26H23Br. The van der Waals surface area contributed by atoms with Crippen molar-refractivity contribution in [2.75, 3.05) is 0 Å². The molecular weight excluding hydrogens is 392 g/mol. The molecule has 0 amide bonds. The fourth-order valence-electron chi connectivity index (χ4n) is 3.04. The van der Waals surface area contributed by atoms with Gasteiger partial charge in [0.15, 0.2) is 0 Å². The summed E-state index contributed by atoms with van der Waals surface area (Å²) in [5, 5.41) is 0. The first-order valence-electron chi connectivity index (χ1n) is 9.31. The van der Waals surface area contributed by atoms with Crippen LogP contribution in [0.2, 0.25) is 0 Å². The molecule has 4 aromatic rings. The summed E-state index contributed by atoms with van der Waals surface area (Å²) in [6, 6.07) is 36.3. The lowest BCUT2D eigenvalue weighted by Crippen LogP contribution is -1.83. The van der Waals surface area contributed by atoms with Gasteiger partial charge in [0.05, 0.1) is 0 Å². The van der Waals surface area contributed by atoms with Crippen molar-refractivity contribution in [1.82, 2.24) is 0 Å². The molecule has 134 valence electrons. The Hall–Kier alpha value is -2.64. The van der Waals surface area contributed by atoms with Crippen LogP contribution in [0.25, 0.3) is 33.4 Å². The number of hydrogen-bond donors (Lipinski definition) is 0. The molecule has 0 aromatic heterocycles. The van der Waals surface area contributed by atoms with Crippen LogP contribution in [0.3, 0.4) is 0 Å². The summed E-state index contributed by atoms with van der Waals surface area (Å²) in [4.78, 5) is 0. The smallest absolute Gasteiger partial charge is 0.0187 e. The van der Waals surface area contributed by atoms with Gasteiger partial charge in [0.25, 0.3) is 0 Å². The van der Waals surface area contributed by atoms with Gasteiger partial charge in [0.1, 0.15) is 0 Å². The van der Waals surface area contributed by atoms with Crippen LogP contribution in [0, 0.1) is 0 Å². The third kappa shape index (κ3) is 4.75. The summed E-state index contributed by atoms with van der Waals surface area (Å²) < 4.78 is 1.09. The molecule has 0 aliphatic carbocycles. The monoisotopic (exact) mass is 414 g/mol. The predicted molar refractivity (Wildman–Crippen MR) is 122 cm³/mol. The van der Waals surface area contributed by atoms with Gasteiger partial charge in [-0.25, -0.2) is 0 Å². The Balaban J connectivity index is 0.00000102. The number of hydrogen-bond acceptors (Lipinski definition) is 0. The van der Waals surface area contributed by atoms with Crippen molar-refractivity contribution >= 4 is 15.9 Å². The summed E-state index contributed by atoms with van der Waals surface area (Å²) in [6.07, 6.45) is 0. The van der Waals surface area contributed by atoms with Crippen molar-refractivity contribution in [3.63, 3.8) is 0 Å². The second kappa shape index (κ2) is 9.34. The molecule has 0 aliphatic heterocycles. The lowest BCUT2D eigenvalue weighted by molar-refractivity contribution is 1.50. The molecule has 0 fully saturated rings. The van der Waals surface area contributed by atoms with Crippen LogP contribution in [0.15, 0.2) is 108 Å². The standard InChI is InChI=1S/C24H17Br.C2H6/c25-24-16-22(19-9-5-2-6-10-19)15-23(17-24)21-13-11-20(12-14-21)18-7-3-1-4-8-18;1-2/h1-17H;1-2H3. The third-order valence-corrected chi connectivity index (χ3v) is 4.79. The van der Waals surface area contributed by atoms with Gasteiger partial charge in [-0.15, -0.1) is 0 Å². The summed E-state index contributed by atoms with van der Waals surface area (Å²) in [5.41, 5.74) is 7.37. The number of benzene rings is 4. The molecule has 0 saturated carbocycles. The average Bonchev–Trinajstić information content (AvgIpc) is 2.76. The summed E-state index contributed by atoms with van der Waals surface area (Å²) >= 11 is 3.66. The minimum Gasteiger partial charge on any atom is -0.0683 e. The van der Waals surface area contributed by atoms with Crippen molar-refractivity contribution < 1.29 is 0 Å². The molecule has 0 atom stereocenters. The van der Waals surface area contributed by atoms with Gasteiger partial charge in [-0.05, 0) is 51.6 Å². The highest BCUT2D eigenvalue weighted by atomic mass is 79.9. The maximum absolute atomic E-state index is 3.66. The highest BCUT2D eigenvalue weighted by Gasteiger charge is 2.05. The Kier molecular flexibility index (Phi) is 6.62. The van der Waals surface area contributed by atoms with Crippen molar-refractivity contribution in [1.29, 1.82) is 0 Å². The van der Waals surface area contributed by atoms with E-state index in [2.05, 4.69) is 107 Å². The molecule has 0 spiro atoms. The van der Waals surface area contributed by atoms with E-state index >= 15 is 0 Å². The summed E-state index contributed by atoms with van der Waals surface area (Å²) in [7, 11) is 0. The van der Waals surface area contributed by atoms with Crippen molar-refractivity contribution in [3.8, 4) is 33.4 Å². The zero-order valence-electron chi connectivity index (χ0n) is 15.7. The molecule has 0 aliphatic rings. The Labute approximate surface area is 170 Å². The fraction of sp³-hybridized carbons (Fsp3) is 0.0769. The second-order valence-electron chi connectivity index (χ2n) is 6.04. The zero-order valence-corrected chi connectivity index (χ0v) is 17.3. The molecule has 0 unspecified atom stereocenters. The van der Waals surface area contributed by atoms with Gasteiger partial charge in [-0.2, -0.15) is 0 Å². The lowest BCUT2D eigenvalue weighted by atomic mass is 9.97. The van der Waals surface area contributed by atoms with Gasteiger partial charge in [0.2, 0.25) is 0 Å². The van der Waals surface area contributed by atoms with E-state index in [9.17, 15) is 0 Å². The fourth-order valence-corrected chi connectivity index (χ4v) is 3.53. The molecule has 0 N–H and O–H groups in total. The Morgan fingerprint density at radius 1 is 0.407 bits per heavy atom. The van der Waals surface area contributed by atoms with Crippen LogP contribution in [0.1, 0.15) is 13.8 Å². The van der Waals surface area contributed by atoms with Crippen LogP contribution in [0.4, 0.5) is 0 Å². The summed E-state index contributed by atoms with van der Waals surface area (Å²) in [6.45, 7) is 4.00. The molecule has 27 heavy (non-hydrogen) atoms. The van der Waals surface area contributed by atoms with E-state index < -0.39 is 0 Å². The molecule has 0 bridgehead atoms. The van der Waals surface area contributed by atoms with Crippen molar-refractivity contribution in [2.45, 2.75) is 13.8 Å².